The minimum Gasteiger partial charge on any atom is -0.477 e. The first-order valence-electron chi connectivity index (χ1n) is 5.73. The molecule has 0 saturated heterocycles. The number of hydrogen-bond acceptors (Lipinski definition) is 5. The number of nitro groups is 1. The Balaban J connectivity index is 3.33. The van der Waals surface area contributed by atoms with E-state index < -0.39 is 39.6 Å². The van der Waals surface area contributed by atoms with Gasteiger partial charge in [0.15, 0.2) is 5.82 Å². The summed E-state index contributed by atoms with van der Waals surface area (Å²) < 4.78 is 13.8. The van der Waals surface area contributed by atoms with Crippen LogP contribution >= 0.6 is 0 Å². The number of carbonyl (C=O) groups is 1. The van der Waals surface area contributed by atoms with Crippen LogP contribution in [-0.4, -0.2) is 32.7 Å². The quantitative estimate of drug-likeness (QED) is 0.563. The molecule has 20 heavy (non-hydrogen) atoms. The number of carboxylic acids is 1. The Morgan fingerprint density at radius 3 is 2.45 bits per heavy atom. The number of nitrogens with zero attached hydrogens (tertiary/aromatic N) is 1. The third-order valence-corrected chi connectivity index (χ3v) is 3.01. The van der Waals surface area contributed by atoms with Crippen LogP contribution in [0.3, 0.4) is 0 Å². The number of anilines is 1. The van der Waals surface area contributed by atoms with E-state index in [1.54, 1.807) is 13.8 Å². The van der Waals surface area contributed by atoms with E-state index in [0.717, 1.165) is 6.07 Å². The highest BCUT2D eigenvalue weighted by Crippen LogP contribution is 2.28. The predicted octanol–water partition coefficient (Wildman–Crippen LogP) is 2.00. The lowest BCUT2D eigenvalue weighted by Gasteiger charge is -2.30. The fourth-order valence-electron chi connectivity index (χ4n) is 1.43. The molecule has 110 valence electrons. The molecule has 1 rings (SSSR count). The van der Waals surface area contributed by atoms with Gasteiger partial charge in [-0.25, -0.2) is 9.18 Å². The van der Waals surface area contributed by atoms with Crippen molar-refractivity contribution in [2.24, 2.45) is 0 Å². The number of rotatable bonds is 5. The molecular formula is C12H15FN2O5. The van der Waals surface area contributed by atoms with Crippen LogP contribution in [0.25, 0.3) is 0 Å². The van der Waals surface area contributed by atoms with Crippen molar-refractivity contribution < 1.29 is 24.3 Å². The largest absolute Gasteiger partial charge is 0.477 e. The van der Waals surface area contributed by atoms with Crippen LogP contribution < -0.4 is 5.32 Å². The number of benzene rings is 1. The number of hydrogen-bond donors (Lipinski definition) is 3. The summed E-state index contributed by atoms with van der Waals surface area (Å²) in [6.07, 6.45) is -0.856. The molecule has 0 radical (unpaired) electrons. The van der Waals surface area contributed by atoms with Gasteiger partial charge in [-0.1, -0.05) is 0 Å². The Bertz CT molecular complexity index is 557. The van der Waals surface area contributed by atoms with E-state index in [0.29, 0.717) is 6.07 Å². The summed E-state index contributed by atoms with van der Waals surface area (Å²) in [6, 6.07) is 1.39. The molecule has 1 unspecified atom stereocenters. The van der Waals surface area contributed by atoms with E-state index in [-0.39, 0.29) is 5.69 Å². The zero-order valence-electron chi connectivity index (χ0n) is 11.2. The molecule has 0 aliphatic rings. The lowest BCUT2D eigenvalue weighted by molar-refractivity contribution is -0.385. The van der Waals surface area contributed by atoms with Crippen molar-refractivity contribution in [2.75, 3.05) is 5.32 Å². The Hall–Kier alpha value is -2.22. The molecule has 1 aromatic rings. The van der Waals surface area contributed by atoms with E-state index >= 15 is 0 Å². The fraction of sp³-hybridized carbons (Fsp3) is 0.417. The molecule has 8 heteroatoms. The summed E-state index contributed by atoms with van der Waals surface area (Å²) in [4.78, 5) is 20.7. The van der Waals surface area contributed by atoms with Crippen LogP contribution in [0.1, 0.15) is 31.1 Å². The van der Waals surface area contributed by atoms with Crippen molar-refractivity contribution in [3.05, 3.63) is 33.6 Å². The number of nitro benzene ring substituents is 1. The number of carboxylic acid groups (broad SMARTS) is 1. The van der Waals surface area contributed by atoms with E-state index in [9.17, 15) is 24.4 Å². The molecule has 0 fully saturated rings. The third kappa shape index (κ3) is 3.21. The molecule has 0 heterocycles. The van der Waals surface area contributed by atoms with Gasteiger partial charge in [0.25, 0.3) is 5.69 Å². The molecule has 1 atom stereocenters. The fourth-order valence-corrected chi connectivity index (χ4v) is 1.43. The van der Waals surface area contributed by atoms with Gasteiger partial charge in [-0.05, 0) is 26.8 Å². The highest BCUT2D eigenvalue weighted by Gasteiger charge is 2.28. The highest BCUT2D eigenvalue weighted by atomic mass is 19.1. The first-order valence-corrected chi connectivity index (χ1v) is 5.73. The number of halogens is 1. The standard InChI is InChI=1S/C12H15FN2O5/c1-6(16)12(2,3)14-9-4-7(11(17)18)10(15(19)20)5-8(9)13/h4-6,14,16H,1-3H3,(H,17,18). The van der Waals surface area contributed by atoms with E-state index in [1.807, 2.05) is 0 Å². The minimum atomic E-state index is -1.53. The molecule has 0 bridgehead atoms. The van der Waals surface area contributed by atoms with E-state index in [2.05, 4.69) is 5.32 Å². The van der Waals surface area contributed by atoms with E-state index in [1.165, 1.54) is 6.92 Å². The van der Waals surface area contributed by atoms with Gasteiger partial charge in [0, 0.05) is 0 Å². The van der Waals surface area contributed by atoms with Gasteiger partial charge < -0.3 is 15.5 Å². The maximum absolute atomic E-state index is 13.8. The molecule has 0 spiro atoms. The summed E-state index contributed by atoms with van der Waals surface area (Å²) in [5.74, 6) is -2.50. The Labute approximate surface area is 114 Å². The molecule has 0 aliphatic heterocycles. The van der Waals surface area contributed by atoms with Gasteiger partial charge in [-0.3, -0.25) is 10.1 Å². The smallest absolute Gasteiger partial charge is 0.342 e. The van der Waals surface area contributed by atoms with Crippen LogP contribution in [0.15, 0.2) is 12.1 Å². The third-order valence-electron chi connectivity index (χ3n) is 3.01. The summed E-state index contributed by atoms with van der Waals surface area (Å²) in [7, 11) is 0. The number of nitrogens with one attached hydrogen (secondary N) is 1. The molecular weight excluding hydrogens is 271 g/mol. The Morgan fingerprint density at radius 1 is 1.50 bits per heavy atom. The zero-order chi connectivity index (χ0) is 15.7. The molecule has 7 nitrogen and oxygen atoms in total. The predicted molar refractivity (Wildman–Crippen MR) is 69.4 cm³/mol. The second-order valence-electron chi connectivity index (χ2n) is 4.93. The van der Waals surface area contributed by atoms with Crippen molar-refractivity contribution in [3.8, 4) is 0 Å². The summed E-state index contributed by atoms with van der Waals surface area (Å²) in [6.45, 7) is 4.65. The first kappa shape index (κ1) is 15.8. The van der Waals surface area contributed by atoms with Gasteiger partial charge in [0.05, 0.1) is 28.3 Å². The lowest BCUT2D eigenvalue weighted by Crippen LogP contribution is -2.42. The van der Waals surface area contributed by atoms with Gasteiger partial charge >= 0.3 is 5.97 Å². The first-order chi connectivity index (χ1) is 9.06. The van der Waals surface area contributed by atoms with E-state index in [4.69, 9.17) is 5.11 Å². The molecule has 0 saturated carbocycles. The van der Waals surface area contributed by atoms with Gasteiger partial charge in [-0.2, -0.15) is 0 Å². The molecule has 3 N–H and O–H groups in total. The summed E-state index contributed by atoms with van der Waals surface area (Å²) in [5.41, 5.74) is -2.61. The van der Waals surface area contributed by atoms with Crippen LogP contribution in [0, 0.1) is 15.9 Å². The second kappa shape index (κ2) is 5.41. The normalized spacial score (nSPS) is 12.8. The van der Waals surface area contributed by atoms with Crippen LogP contribution in [0.2, 0.25) is 0 Å². The lowest BCUT2D eigenvalue weighted by atomic mass is 9.98. The zero-order valence-corrected chi connectivity index (χ0v) is 11.2. The minimum absolute atomic E-state index is 0.223. The Morgan fingerprint density at radius 2 is 2.05 bits per heavy atom. The monoisotopic (exact) mass is 286 g/mol. The maximum atomic E-state index is 13.8. The highest BCUT2D eigenvalue weighted by molar-refractivity contribution is 5.93. The number of aliphatic hydroxyl groups is 1. The van der Waals surface area contributed by atoms with Crippen molar-refractivity contribution in [1.82, 2.24) is 0 Å². The Kier molecular flexibility index (Phi) is 4.29. The average Bonchev–Trinajstić information content (AvgIpc) is 2.30. The van der Waals surface area contributed by atoms with Gasteiger partial charge in [-0.15, -0.1) is 0 Å². The van der Waals surface area contributed by atoms with Crippen molar-refractivity contribution in [1.29, 1.82) is 0 Å². The van der Waals surface area contributed by atoms with Crippen LogP contribution in [0.4, 0.5) is 15.8 Å². The molecule has 0 aliphatic carbocycles. The molecule has 1 aromatic carbocycles. The summed E-state index contributed by atoms with van der Waals surface area (Å²) >= 11 is 0. The summed E-state index contributed by atoms with van der Waals surface area (Å²) in [5, 5.41) is 31.8. The van der Waals surface area contributed by atoms with Crippen molar-refractivity contribution in [2.45, 2.75) is 32.4 Å². The number of aromatic carboxylic acids is 1. The van der Waals surface area contributed by atoms with Crippen LogP contribution in [0.5, 0.6) is 0 Å². The van der Waals surface area contributed by atoms with Gasteiger partial charge in [0.1, 0.15) is 5.56 Å². The average molecular weight is 286 g/mol. The maximum Gasteiger partial charge on any atom is 0.342 e. The van der Waals surface area contributed by atoms with Gasteiger partial charge in [0.2, 0.25) is 0 Å². The second-order valence-corrected chi connectivity index (χ2v) is 4.93. The van der Waals surface area contributed by atoms with Crippen molar-refractivity contribution in [3.63, 3.8) is 0 Å². The molecule has 0 amide bonds. The topological polar surface area (TPSA) is 113 Å². The van der Waals surface area contributed by atoms with Crippen LogP contribution in [-0.2, 0) is 0 Å². The van der Waals surface area contributed by atoms with Crippen molar-refractivity contribution >= 4 is 17.3 Å². The number of aliphatic hydroxyl groups excluding tert-OH is 1. The molecule has 0 aromatic heterocycles. The SMILES string of the molecule is CC(O)C(C)(C)Nc1cc(C(=O)O)c([N+](=O)[O-])cc1F.